The maximum absolute atomic E-state index is 15.0. The number of sulfonamides is 1. The molecule has 0 unspecified atom stereocenters. The molecule has 0 aliphatic heterocycles. The van der Waals surface area contributed by atoms with Gasteiger partial charge in [-0.15, -0.1) is 0 Å². The number of hydrogen-bond acceptors (Lipinski definition) is 4. The van der Waals surface area contributed by atoms with E-state index in [1.807, 2.05) is 51.1 Å². The van der Waals surface area contributed by atoms with E-state index >= 15 is 0 Å². The molecular formula is C35H38FN3O4S. The Morgan fingerprint density at radius 1 is 0.841 bits per heavy atom. The molecule has 44 heavy (non-hydrogen) atoms. The van der Waals surface area contributed by atoms with Crippen LogP contribution < -0.4 is 9.62 Å². The second kappa shape index (κ2) is 14.3. The van der Waals surface area contributed by atoms with Crippen molar-refractivity contribution in [2.45, 2.75) is 51.6 Å². The molecule has 1 atom stereocenters. The molecule has 0 bridgehead atoms. The number of carbonyl (C=O) groups is 2. The smallest absolute Gasteiger partial charge is 0.264 e. The lowest BCUT2D eigenvalue weighted by Crippen LogP contribution is -2.53. The van der Waals surface area contributed by atoms with Crippen molar-refractivity contribution in [3.05, 3.63) is 131 Å². The summed E-state index contributed by atoms with van der Waals surface area (Å²) in [6, 6.07) is 25.8. The first-order valence-corrected chi connectivity index (χ1v) is 16.0. The van der Waals surface area contributed by atoms with E-state index in [0.29, 0.717) is 12.2 Å². The molecule has 2 amide bonds. The lowest BCUT2D eigenvalue weighted by atomic mass is 10.0. The summed E-state index contributed by atoms with van der Waals surface area (Å²) in [5.74, 6) is -1.59. The molecule has 1 N–H and O–H groups in total. The number of nitrogens with one attached hydrogen (secondary N) is 1. The first-order valence-electron chi connectivity index (χ1n) is 14.5. The van der Waals surface area contributed by atoms with Crippen molar-refractivity contribution in [2.75, 3.05) is 17.4 Å². The highest BCUT2D eigenvalue weighted by Gasteiger charge is 2.35. The number of amides is 2. The number of likely N-dealkylation sites (N-methyl/N-ethyl adjacent to an activating group) is 1. The Bertz CT molecular complexity index is 1710. The van der Waals surface area contributed by atoms with Gasteiger partial charge in [-0.05, 0) is 74.7 Å². The Morgan fingerprint density at radius 3 is 2.14 bits per heavy atom. The summed E-state index contributed by atoms with van der Waals surface area (Å²) in [5, 5.41) is 2.80. The number of nitrogens with zero attached hydrogens (tertiary/aromatic N) is 2. The van der Waals surface area contributed by atoms with Crippen LogP contribution in [0.5, 0.6) is 0 Å². The molecule has 0 heterocycles. The van der Waals surface area contributed by atoms with Crippen molar-refractivity contribution in [1.82, 2.24) is 10.2 Å². The first-order chi connectivity index (χ1) is 21.0. The van der Waals surface area contributed by atoms with E-state index in [1.54, 1.807) is 55.5 Å². The van der Waals surface area contributed by atoms with Gasteiger partial charge in [0.05, 0.1) is 10.6 Å². The average Bonchev–Trinajstić information content (AvgIpc) is 3.00. The van der Waals surface area contributed by atoms with Crippen molar-refractivity contribution in [3.8, 4) is 0 Å². The maximum Gasteiger partial charge on any atom is 0.264 e. The number of anilines is 1. The monoisotopic (exact) mass is 615 g/mol. The van der Waals surface area contributed by atoms with E-state index in [-0.39, 0.29) is 23.4 Å². The van der Waals surface area contributed by atoms with Crippen molar-refractivity contribution in [2.24, 2.45) is 0 Å². The van der Waals surface area contributed by atoms with Gasteiger partial charge in [0.1, 0.15) is 18.4 Å². The summed E-state index contributed by atoms with van der Waals surface area (Å²) >= 11 is 0. The Balaban J connectivity index is 1.82. The number of hydrogen-bond donors (Lipinski definition) is 1. The van der Waals surface area contributed by atoms with E-state index in [1.165, 1.54) is 23.1 Å². The number of aryl methyl sites for hydroxylation is 3. The van der Waals surface area contributed by atoms with Crippen LogP contribution >= 0.6 is 0 Å². The standard InChI is InChI=1S/C35H38FN3O4S/c1-5-37-35(41)33(22-28-11-7-6-8-12-28)38(23-29-13-9-10-14-32(29)36)34(40)24-39(30-18-17-26(3)27(4)21-30)44(42,43)31-19-15-25(2)16-20-31/h6-21,33H,5,22-24H2,1-4H3,(H,37,41)/t33-/m0/s1. The lowest BCUT2D eigenvalue weighted by Gasteiger charge is -2.34. The van der Waals surface area contributed by atoms with Gasteiger partial charge >= 0.3 is 0 Å². The van der Waals surface area contributed by atoms with Crippen LogP contribution in [0.1, 0.15) is 34.7 Å². The van der Waals surface area contributed by atoms with Crippen LogP contribution in [0.25, 0.3) is 0 Å². The van der Waals surface area contributed by atoms with Gasteiger partial charge in [-0.2, -0.15) is 0 Å². The quantitative estimate of drug-likeness (QED) is 0.221. The van der Waals surface area contributed by atoms with Crippen molar-refractivity contribution >= 4 is 27.5 Å². The van der Waals surface area contributed by atoms with E-state index < -0.39 is 40.2 Å². The van der Waals surface area contributed by atoms with E-state index in [2.05, 4.69) is 5.32 Å². The summed E-state index contributed by atoms with van der Waals surface area (Å²) in [5.41, 5.74) is 4.03. The van der Waals surface area contributed by atoms with Gasteiger partial charge in [0.15, 0.2) is 0 Å². The highest BCUT2D eigenvalue weighted by Crippen LogP contribution is 2.27. The van der Waals surface area contributed by atoms with E-state index in [9.17, 15) is 22.4 Å². The van der Waals surface area contributed by atoms with Crippen LogP contribution in [0.2, 0.25) is 0 Å². The molecule has 230 valence electrons. The molecule has 0 fully saturated rings. The number of rotatable bonds is 12. The minimum Gasteiger partial charge on any atom is -0.355 e. The Kier molecular flexibility index (Phi) is 10.5. The van der Waals surface area contributed by atoms with Gasteiger partial charge in [-0.3, -0.25) is 13.9 Å². The average molecular weight is 616 g/mol. The van der Waals surface area contributed by atoms with Gasteiger partial charge in [-0.1, -0.05) is 72.3 Å². The molecular weight excluding hydrogens is 577 g/mol. The fraction of sp³-hybridized carbons (Fsp3) is 0.257. The van der Waals surface area contributed by atoms with Gasteiger partial charge < -0.3 is 10.2 Å². The lowest BCUT2D eigenvalue weighted by molar-refractivity contribution is -0.140. The van der Waals surface area contributed by atoms with Crippen molar-refractivity contribution < 1.29 is 22.4 Å². The molecule has 4 aromatic rings. The first kappa shape index (κ1) is 32.4. The fourth-order valence-corrected chi connectivity index (χ4v) is 6.31. The molecule has 0 spiro atoms. The molecule has 0 aliphatic carbocycles. The molecule has 0 saturated heterocycles. The molecule has 9 heteroatoms. The number of benzene rings is 4. The van der Waals surface area contributed by atoms with Crippen LogP contribution in [-0.4, -0.2) is 44.3 Å². The van der Waals surface area contributed by atoms with Crippen LogP contribution in [0, 0.1) is 26.6 Å². The third kappa shape index (κ3) is 7.71. The zero-order valence-electron chi connectivity index (χ0n) is 25.5. The fourth-order valence-electron chi connectivity index (χ4n) is 4.90. The van der Waals surface area contributed by atoms with Gasteiger partial charge in [0, 0.05) is 25.1 Å². The molecule has 4 rings (SSSR count). The number of halogens is 1. The third-order valence-electron chi connectivity index (χ3n) is 7.59. The molecule has 0 radical (unpaired) electrons. The van der Waals surface area contributed by atoms with Gasteiger partial charge in [-0.25, -0.2) is 12.8 Å². The minimum absolute atomic E-state index is 0.0272. The minimum atomic E-state index is -4.21. The van der Waals surface area contributed by atoms with E-state index in [0.717, 1.165) is 26.6 Å². The van der Waals surface area contributed by atoms with Crippen LogP contribution in [0.15, 0.2) is 102 Å². The zero-order chi connectivity index (χ0) is 31.9. The maximum atomic E-state index is 15.0. The highest BCUT2D eigenvalue weighted by atomic mass is 32.2. The highest BCUT2D eigenvalue weighted by molar-refractivity contribution is 7.92. The van der Waals surface area contributed by atoms with Gasteiger partial charge in [0.2, 0.25) is 11.8 Å². The summed E-state index contributed by atoms with van der Waals surface area (Å²) < 4.78 is 44.3. The third-order valence-corrected chi connectivity index (χ3v) is 9.38. The summed E-state index contributed by atoms with van der Waals surface area (Å²) in [7, 11) is -4.21. The summed E-state index contributed by atoms with van der Waals surface area (Å²) in [6.07, 6.45) is 0.154. The summed E-state index contributed by atoms with van der Waals surface area (Å²) in [4.78, 5) is 29.2. The molecule has 7 nitrogen and oxygen atoms in total. The molecule has 0 saturated carbocycles. The Hall–Kier alpha value is -4.50. The second-order valence-electron chi connectivity index (χ2n) is 10.8. The Morgan fingerprint density at radius 2 is 1.50 bits per heavy atom. The van der Waals surface area contributed by atoms with Gasteiger partial charge in [0.25, 0.3) is 10.0 Å². The molecule has 0 aromatic heterocycles. The predicted molar refractivity (Wildman–Crippen MR) is 171 cm³/mol. The largest absolute Gasteiger partial charge is 0.355 e. The Labute approximate surface area is 259 Å². The zero-order valence-corrected chi connectivity index (χ0v) is 26.3. The van der Waals surface area contributed by atoms with Crippen LogP contribution in [0.3, 0.4) is 0 Å². The topological polar surface area (TPSA) is 86.8 Å². The second-order valence-corrected chi connectivity index (χ2v) is 12.7. The van der Waals surface area contributed by atoms with Crippen molar-refractivity contribution in [3.63, 3.8) is 0 Å². The van der Waals surface area contributed by atoms with Crippen LogP contribution in [-0.2, 0) is 32.6 Å². The molecule has 4 aromatic carbocycles. The number of carbonyl (C=O) groups excluding carboxylic acids is 2. The van der Waals surface area contributed by atoms with E-state index in [4.69, 9.17) is 0 Å². The normalized spacial score (nSPS) is 11.9. The van der Waals surface area contributed by atoms with Crippen molar-refractivity contribution in [1.29, 1.82) is 0 Å². The molecule has 0 aliphatic rings. The SMILES string of the molecule is CCNC(=O)[C@H](Cc1ccccc1)N(Cc1ccccc1F)C(=O)CN(c1ccc(C)c(C)c1)S(=O)(=O)c1ccc(C)cc1. The van der Waals surface area contributed by atoms with Crippen LogP contribution in [0.4, 0.5) is 10.1 Å². The summed E-state index contributed by atoms with van der Waals surface area (Å²) in [6.45, 7) is 6.91. The predicted octanol–water partition coefficient (Wildman–Crippen LogP) is 5.72.